The van der Waals surface area contributed by atoms with E-state index in [1.807, 2.05) is 62.4 Å². The molecule has 6 heteroatoms. The lowest BCUT2D eigenvalue weighted by Crippen LogP contribution is -2.17. The van der Waals surface area contributed by atoms with Crippen LogP contribution in [0, 0.1) is 0 Å². The largest absolute Gasteiger partial charge is 0.494 e. The molecule has 0 atom stereocenters. The lowest BCUT2D eigenvalue weighted by molar-refractivity contribution is -0.136. The second kappa shape index (κ2) is 10.2. The van der Waals surface area contributed by atoms with Gasteiger partial charge in [0.05, 0.1) is 13.2 Å². The molecule has 0 aromatic heterocycles. The second-order valence-electron chi connectivity index (χ2n) is 6.03. The molecular weight excluding hydrogens is 358 g/mol. The monoisotopic (exact) mass is 383 g/mol. The minimum atomic E-state index is -0.989. The molecule has 0 radical (unpaired) electrons. The van der Waals surface area contributed by atoms with E-state index >= 15 is 0 Å². The normalized spacial score (nSPS) is 10.2. The van der Waals surface area contributed by atoms with Crippen LogP contribution < -0.4 is 15.2 Å². The van der Waals surface area contributed by atoms with Gasteiger partial charge in [0.1, 0.15) is 11.5 Å². The van der Waals surface area contributed by atoms with Gasteiger partial charge >= 0.3 is 5.97 Å². The van der Waals surface area contributed by atoms with Crippen molar-refractivity contribution >= 4 is 17.4 Å². The Kier molecular flexibility index (Phi) is 7.63. The molecule has 2 rings (SSSR count). The van der Waals surface area contributed by atoms with Gasteiger partial charge in [-0.05, 0) is 61.2 Å². The maximum Gasteiger partial charge on any atom is 0.303 e. The summed E-state index contributed by atoms with van der Waals surface area (Å²) < 4.78 is 10.9. The van der Waals surface area contributed by atoms with Crippen molar-refractivity contribution in [1.29, 1.82) is 0 Å². The number of carboxylic acids is 1. The molecule has 3 N–H and O–H groups in total. The Balaban J connectivity index is 2.56. The van der Waals surface area contributed by atoms with Crippen molar-refractivity contribution in [3.05, 3.63) is 65.2 Å². The summed E-state index contributed by atoms with van der Waals surface area (Å²) in [6, 6.07) is 14.6. The first-order valence-corrected chi connectivity index (χ1v) is 9.17. The molecule has 0 aliphatic rings. The van der Waals surface area contributed by atoms with Gasteiger partial charge in [-0.15, -0.1) is 0 Å². The first-order chi connectivity index (χ1) is 13.5. The van der Waals surface area contributed by atoms with Crippen LogP contribution in [0.25, 0.3) is 5.57 Å². The predicted octanol–water partition coefficient (Wildman–Crippen LogP) is 3.64. The van der Waals surface area contributed by atoms with Crippen molar-refractivity contribution in [1.82, 2.24) is 0 Å². The van der Waals surface area contributed by atoms with Gasteiger partial charge in [-0.2, -0.15) is 0 Å². The van der Waals surface area contributed by atoms with Gasteiger partial charge in [0.2, 0.25) is 5.91 Å². The topological polar surface area (TPSA) is 98.9 Å². The summed E-state index contributed by atoms with van der Waals surface area (Å²) in [4.78, 5) is 23.2. The molecule has 0 aliphatic carbocycles. The summed E-state index contributed by atoms with van der Waals surface area (Å²) >= 11 is 0. The minimum Gasteiger partial charge on any atom is -0.494 e. The minimum absolute atomic E-state index is 0.0421. The number of ether oxygens (including phenoxy) is 2. The highest BCUT2D eigenvalue weighted by Gasteiger charge is 2.18. The van der Waals surface area contributed by atoms with Gasteiger partial charge in [-0.3, -0.25) is 9.59 Å². The fourth-order valence-electron chi connectivity index (χ4n) is 2.89. The van der Waals surface area contributed by atoms with E-state index in [1.54, 1.807) is 0 Å². The molecule has 0 fully saturated rings. The number of rotatable bonds is 10. The zero-order valence-corrected chi connectivity index (χ0v) is 16.1. The van der Waals surface area contributed by atoms with E-state index in [-0.39, 0.29) is 18.4 Å². The van der Waals surface area contributed by atoms with Crippen molar-refractivity contribution in [2.45, 2.75) is 26.7 Å². The Morgan fingerprint density at radius 1 is 0.821 bits per heavy atom. The highest BCUT2D eigenvalue weighted by molar-refractivity contribution is 6.04. The first kappa shape index (κ1) is 21.0. The molecule has 28 heavy (non-hydrogen) atoms. The van der Waals surface area contributed by atoms with Crippen molar-refractivity contribution in [2.75, 3.05) is 13.2 Å². The molecule has 6 nitrogen and oxygen atoms in total. The van der Waals surface area contributed by atoms with E-state index in [4.69, 9.17) is 20.3 Å². The van der Waals surface area contributed by atoms with Gasteiger partial charge in [-0.1, -0.05) is 24.3 Å². The highest BCUT2D eigenvalue weighted by atomic mass is 16.5. The first-order valence-electron chi connectivity index (χ1n) is 9.17. The van der Waals surface area contributed by atoms with Crippen molar-refractivity contribution in [2.24, 2.45) is 5.73 Å². The summed E-state index contributed by atoms with van der Waals surface area (Å²) in [5.41, 5.74) is 8.01. The molecule has 2 aromatic carbocycles. The average Bonchev–Trinajstić information content (AvgIpc) is 2.67. The number of carbonyl (C=O) groups excluding carboxylic acids is 1. The molecule has 0 aliphatic heterocycles. The van der Waals surface area contributed by atoms with Crippen LogP contribution in [0.4, 0.5) is 0 Å². The van der Waals surface area contributed by atoms with Crippen LogP contribution in [0.3, 0.4) is 0 Å². The third-order valence-electron chi connectivity index (χ3n) is 4.10. The van der Waals surface area contributed by atoms with Crippen LogP contribution in [0.15, 0.2) is 54.1 Å². The van der Waals surface area contributed by atoms with Crippen LogP contribution in [0.1, 0.15) is 37.8 Å². The van der Waals surface area contributed by atoms with E-state index in [9.17, 15) is 9.59 Å². The molecule has 0 saturated carbocycles. The Morgan fingerprint density at radius 3 is 1.57 bits per heavy atom. The number of carboxylic acid groups (broad SMARTS) is 1. The quantitative estimate of drug-likeness (QED) is 0.610. The predicted molar refractivity (Wildman–Crippen MR) is 107 cm³/mol. The molecule has 148 valence electrons. The molecule has 0 bridgehead atoms. The number of nitrogens with two attached hydrogens (primary N) is 1. The number of hydrogen-bond donors (Lipinski definition) is 2. The smallest absolute Gasteiger partial charge is 0.303 e. The van der Waals surface area contributed by atoms with Crippen molar-refractivity contribution in [3.63, 3.8) is 0 Å². The number of hydrogen-bond acceptors (Lipinski definition) is 4. The number of aliphatic carboxylic acids is 1. The Hall–Kier alpha value is -3.28. The van der Waals surface area contributed by atoms with E-state index in [1.165, 1.54) is 0 Å². The third kappa shape index (κ3) is 5.61. The fraction of sp³-hybridized carbons (Fsp3) is 0.273. The molecule has 1 amide bonds. The Morgan fingerprint density at radius 2 is 1.25 bits per heavy atom. The second-order valence-corrected chi connectivity index (χ2v) is 6.03. The maximum absolute atomic E-state index is 12.2. The highest BCUT2D eigenvalue weighted by Crippen LogP contribution is 2.31. The van der Waals surface area contributed by atoms with Crippen LogP contribution in [0.2, 0.25) is 0 Å². The molecule has 0 unspecified atom stereocenters. The zero-order chi connectivity index (χ0) is 20.5. The zero-order valence-electron chi connectivity index (χ0n) is 16.1. The van der Waals surface area contributed by atoms with Gasteiger partial charge in [0.15, 0.2) is 0 Å². The number of carbonyl (C=O) groups is 2. The molecule has 0 spiro atoms. The maximum atomic E-state index is 12.2. The SMILES string of the molecule is CCOc1ccc(C(=C(CCC(=O)O)C(N)=O)c2ccc(OCC)cc2)cc1. The summed E-state index contributed by atoms with van der Waals surface area (Å²) in [5, 5.41) is 9.05. The summed E-state index contributed by atoms with van der Waals surface area (Å²) in [6.07, 6.45) is -0.143. The summed E-state index contributed by atoms with van der Waals surface area (Å²) in [6.45, 7) is 4.89. The van der Waals surface area contributed by atoms with Crippen molar-refractivity contribution in [3.8, 4) is 11.5 Å². The number of primary amides is 1. The lowest BCUT2D eigenvalue weighted by Gasteiger charge is -2.15. The van der Waals surface area contributed by atoms with Crippen LogP contribution >= 0.6 is 0 Å². The van der Waals surface area contributed by atoms with Crippen molar-refractivity contribution < 1.29 is 24.2 Å². The Labute approximate surface area is 164 Å². The summed E-state index contributed by atoms with van der Waals surface area (Å²) in [7, 11) is 0. The third-order valence-corrected chi connectivity index (χ3v) is 4.10. The van der Waals surface area contributed by atoms with Gasteiger partial charge in [0.25, 0.3) is 0 Å². The average molecular weight is 383 g/mol. The van der Waals surface area contributed by atoms with Gasteiger partial charge in [0, 0.05) is 12.0 Å². The molecule has 0 heterocycles. The van der Waals surface area contributed by atoms with E-state index in [2.05, 4.69) is 0 Å². The molecule has 0 saturated heterocycles. The Bertz CT molecular complexity index is 787. The van der Waals surface area contributed by atoms with Gasteiger partial charge in [-0.25, -0.2) is 0 Å². The van der Waals surface area contributed by atoms with E-state index in [0.29, 0.717) is 30.3 Å². The van der Waals surface area contributed by atoms with E-state index < -0.39 is 11.9 Å². The van der Waals surface area contributed by atoms with Crippen LogP contribution in [0.5, 0.6) is 11.5 Å². The summed E-state index contributed by atoms with van der Waals surface area (Å²) in [5.74, 6) is -0.206. The van der Waals surface area contributed by atoms with Crippen LogP contribution in [-0.4, -0.2) is 30.2 Å². The number of amides is 1. The van der Waals surface area contributed by atoms with E-state index in [0.717, 1.165) is 11.1 Å². The van der Waals surface area contributed by atoms with Crippen LogP contribution in [-0.2, 0) is 9.59 Å². The molecular formula is C22H25NO5. The number of benzene rings is 2. The fourth-order valence-corrected chi connectivity index (χ4v) is 2.89. The standard InChI is InChI=1S/C22H25NO5/c1-3-27-17-9-5-15(6-10-17)21(19(22(23)26)13-14-20(24)25)16-7-11-18(12-8-16)28-4-2/h5-12H,3-4,13-14H2,1-2H3,(H2,23,26)(H,24,25). The van der Waals surface area contributed by atoms with Gasteiger partial charge < -0.3 is 20.3 Å². The molecule has 2 aromatic rings. The lowest BCUT2D eigenvalue weighted by atomic mass is 9.90.